The number of carboxylic acid groups (broad SMARTS) is 1. The highest BCUT2D eigenvalue weighted by atomic mass is 16.4. The molecule has 3 heteroatoms. The largest absolute Gasteiger partial charge is 0.480 e. The van der Waals surface area contributed by atoms with Gasteiger partial charge in [-0.15, -0.1) is 12.3 Å². The summed E-state index contributed by atoms with van der Waals surface area (Å²) in [5.74, 6) is 1.54. The van der Waals surface area contributed by atoms with Gasteiger partial charge in [-0.05, 0) is 0 Å². The van der Waals surface area contributed by atoms with Gasteiger partial charge in [0.2, 0.25) is 0 Å². The molecule has 3 nitrogen and oxygen atoms in total. The van der Waals surface area contributed by atoms with Crippen molar-refractivity contribution in [3.63, 3.8) is 0 Å². The summed E-state index contributed by atoms with van der Waals surface area (Å²) in [4.78, 5) is 12.5. The van der Waals surface area contributed by atoms with E-state index in [4.69, 9.17) is 11.5 Å². The lowest BCUT2D eigenvalue weighted by Crippen LogP contribution is -2.39. The molecule has 1 atom stereocenters. The van der Waals surface area contributed by atoms with Crippen molar-refractivity contribution in [3.8, 4) is 12.3 Å². The molecule has 0 aromatic rings. The zero-order chi connectivity index (χ0) is 8.97. The van der Waals surface area contributed by atoms with Crippen LogP contribution in [0, 0.1) is 12.3 Å². The van der Waals surface area contributed by atoms with Crippen molar-refractivity contribution in [2.45, 2.75) is 12.5 Å². The summed E-state index contributed by atoms with van der Waals surface area (Å²) in [5.41, 5.74) is 0. The zero-order valence-electron chi connectivity index (χ0n) is 6.73. The smallest absolute Gasteiger partial charge is 0.321 e. The minimum absolute atomic E-state index is 0.275. The zero-order valence-corrected chi connectivity index (χ0v) is 6.73. The first-order valence-electron chi connectivity index (χ1n) is 3.81. The summed E-state index contributed by atoms with van der Waals surface area (Å²) in [7, 11) is 0. The van der Waals surface area contributed by atoms with E-state index in [-0.39, 0.29) is 6.42 Å². The molecule has 1 unspecified atom stereocenters. The Labute approximate surface area is 71.7 Å². The number of terminal acetylenes is 1. The van der Waals surface area contributed by atoms with Crippen LogP contribution in [0.1, 0.15) is 6.42 Å². The number of nitrogens with zero attached hydrogens (tertiary/aromatic N) is 1. The van der Waals surface area contributed by atoms with Crippen LogP contribution < -0.4 is 0 Å². The van der Waals surface area contributed by atoms with Gasteiger partial charge in [0.05, 0.1) is 0 Å². The topological polar surface area (TPSA) is 40.5 Å². The molecule has 0 spiro atoms. The second-order valence-corrected chi connectivity index (χ2v) is 2.69. The fourth-order valence-electron chi connectivity index (χ4n) is 1.23. The monoisotopic (exact) mass is 165 g/mol. The fraction of sp³-hybridized carbons (Fsp3) is 0.444. The van der Waals surface area contributed by atoms with Crippen LogP contribution in [-0.2, 0) is 4.79 Å². The minimum atomic E-state index is -0.836. The van der Waals surface area contributed by atoms with Crippen LogP contribution in [-0.4, -0.2) is 35.1 Å². The molecular weight excluding hydrogens is 154 g/mol. The molecule has 0 fully saturated rings. The van der Waals surface area contributed by atoms with Gasteiger partial charge in [-0.2, -0.15) is 0 Å². The molecule has 1 heterocycles. The highest BCUT2D eigenvalue weighted by molar-refractivity contribution is 5.74. The van der Waals surface area contributed by atoms with Gasteiger partial charge in [-0.25, -0.2) is 0 Å². The summed E-state index contributed by atoms with van der Waals surface area (Å²) in [6.07, 6.45) is 9.25. The molecule has 0 radical (unpaired) electrons. The molecule has 1 rings (SSSR count). The average Bonchev–Trinajstić information content (AvgIpc) is 2.51. The predicted molar refractivity (Wildman–Crippen MR) is 45.6 cm³/mol. The van der Waals surface area contributed by atoms with Gasteiger partial charge in [0.25, 0.3) is 0 Å². The van der Waals surface area contributed by atoms with Crippen LogP contribution in [0.3, 0.4) is 0 Å². The first-order chi connectivity index (χ1) is 5.75. The second-order valence-electron chi connectivity index (χ2n) is 2.69. The predicted octanol–water partition coefficient (Wildman–Crippen LogP) is 0.335. The number of hydrogen-bond donors (Lipinski definition) is 1. The second kappa shape index (κ2) is 3.93. The lowest BCUT2D eigenvalue weighted by molar-refractivity contribution is -0.142. The maximum absolute atomic E-state index is 10.7. The lowest BCUT2D eigenvalue weighted by Gasteiger charge is -2.21. The Morgan fingerprint density at radius 1 is 1.67 bits per heavy atom. The Balaban J connectivity index is 2.54. The van der Waals surface area contributed by atoms with Crippen molar-refractivity contribution in [2.24, 2.45) is 0 Å². The van der Waals surface area contributed by atoms with Crippen LogP contribution >= 0.6 is 0 Å². The van der Waals surface area contributed by atoms with E-state index in [1.807, 2.05) is 17.1 Å². The number of rotatable bonds is 3. The van der Waals surface area contributed by atoms with Crippen molar-refractivity contribution in [2.75, 3.05) is 13.1 Å². The van der Waals surface area contributed by atoms with Gasteiger partial charge in [0, 0.05) is 19.5 Å². The molecule has 1 N–H and O–H groups in total. The van der Waals surface area contributed by atoms with Crippen molar-refractivity contribution in [1.82, 2.24) is 4.90 Å². The summed E-state index contributed by atoms with van der Waals surface area (Å²) >= 11 is 0. The lowest BCUT2D eigenvalue weighted by atomic mass is 10.2. The van der Waals surface area contributed by atoms with Gasteiger partial charge in [0.15, 0.2) is 0 Å². The molecule has 0 aromatic carbocycles. The highest BCUT2D eigenvalue weighted by Gasteiger charge is 2.24. The third-order valence-corrected chi connectivity index (χ3v) is 1.88. The van der Waals surface area contributed by atoms with E-state index >= 15 is 0 Å². The normalized spacial score (nSPS) is 18.9. The van der Waals surface area contributed by atoms with E-state index < -0.39 is 12.0 Å². The Bertz CT molecular complexity index is 231. The summed E-state index contributed by atoms with van der Waals surface area (Å²) in [6.45, 7) is 1.39. The molecule has 0 saturated heterocycles. The highest BCUT2D eigenvalue weighted by Crippen LogP contribution is 2.08. The van der Waals surface area contributed by atoms with Crippen LogP contribution in [0.15, 0.2) is 12.2 Å². The Morgan fingerprint density at radius 3 is 2.67 bits per heavy atom. The Hall–Kier alpha value is -1.27. The minimum Gasteiger partial charge on any atom is -0.480 e. The molecule has 12 heavy (non-hydrogen) atoms. The van der Waals surface area contributed by atoms with Crippen molar-refractivity contribution < 1.29 is 9.90 Å². The third kappa shape index (κ3) is 1.86. The van der Waals surface area contributed by atoms with Crippen LogP contribution in [0.25, 0.3) is 0 Å². The average molecular weight is 165 g/mol. The standard InChI is InChI=1S/C9H11NO2/c1-2-5-8(9(11)12)10-6-3-4-7-10/h1,3-4,8H,5-7H2,(H,11,12). The molecule has 64 valence electrons. The first-order valence-corrected chi connectivity index (χ1v) is 3.81. The van der Waals surface area contributed by atoms with Gasteiger partial charge < -0.3 is 5.11 Å². The van der Waals surface area contributed by atoms with E-state index in [9.17, 15) is 4.79 Å². The third-order valence-electron chi connectivity index (χ3n) is 1.88. The van der Waals surface area contributed by atoms with E-state index in [1.165, 1.54) is 0 Å². The number of aliphatic carboxylic acids is 1. The van der Waals surface area contributed by atoms with E-state index in [0.717, 1.165) is 0 Å². The van der Waals surface area contributed by atoms with Crippen molar-refractivity contribution in [1.29, 1.82) is 0 Å². The quantitative estimate of drug-likeness (QED) is 0.484. The van der Waals surface area contributed by atoms with Gasteiger partial charge in [-0.1, -0.05) is 12.2 Å². The summed E-state index contributed by atoms with van der Waals surface area (Å²) in [5, 5.41) is 8.80. The van der Waals surface area contributed by atoms with Crippen LogP contribution in [0.2, 0.25) is 0 Å². The van der Waals surface area contributed by atoms with Gasteiger partial charge in [0.1, 0.15) is 6.04 Å². The van der Waals surface area contributed by atoms with E-state index in [0.29, 0.717) is 13.1 Å². The maximum Gasteiger partial charge on any atom is 0.321 e. The molecule has 0 amide bonds. The Morgan fingerprint density at radius 2 is 2.25 bits per heavy atom. The summed E-state index contributed by atoms with van der Waals surface area (Å²) < 4.78 is 0. The van der Waals surface area contributed by atoms with Crippen LogP contribution in [0.5, 0.6) is 0 Å². The molecule has 0 saturated carbocycles. The van der Waals surface area contributed by atoms with Crippen molar-refractivity contribution in [3.05, 3.63) is 12.2 Å². The summed E-state index contributed by atoms with van der Waals surface area (Å²) in [6, 6.07) is -0.523. The van der Waals surface area contributed by atoms with Crippen molar-refractivity contribution >= 4 is 5.97 Å². The van der Waals surface area contributed by atoms with E-state index in [1.54, 1.807) is 0 Å². The fourth-order valence-corrected chi connectivity index (χ4v) is 1.23. The molecule has 0 aromatic heterocycles. The number of carbonyl (C=O) groups is 1. The molecule has 0 bridgehead atoms. The van der Waals surface area contributed by atoms with Gasteiger partial charge in [-0.3, -0.25) is 9.69 Å². The van der Waals surface area contributed by atoms with Gasteiger partial charge >= 0.3 is 5.97 Å². The maximum atomic E-state index is 10.7. The first kappa shape index (κ1) is 8.82. The molecular formula is C9H11NO2. The SMILES string of the molecule is C#CCC(C(=O)O)N1CC=CC1. The van der Waals surface area contributed by atoms with E-state index in [2.05, 4.69) is 5.92 Å². The molecule has 0 aliphatic carbocycles. The number of hydrogen-bond acceptors (Lipinski definition) is 2. The number of carboxylic acids is 1. The molecule has 1 aliphatic heterocycles. The molecule has 1 aliphatic rings. The van der Waals surface area contributed by atoms with Crippen LogP contribution in [0.4, 0.5) is 0 Å². The Kier molecular flexibility index (Phi) is 2.89.